The zero-order chi connectivity index (χ0) is 29.4. The van der Waals surface area contributed by atoms with Crippen LogP contribution in [0.4, 0.5) is 0 Å². The molecule has 2 aliphatic heterocycles. The minimum atomic E-state index is -1.01. The number of nitrogens with one attached hydrogen (secondary N) is 1. The average Bonchev–Trinajstić information content (AvgIpc) is 3.54. The van der Waals surface area contributed by atoms with Crippen molar-refractivity contribution in [3.63, 3.8) is 0 Å². The molecule has 0 aromatic carbocycles. The highest BCUT2D eigenvalue weighted by Gasteiger charge is 2.44. The monoisotopic (exact) mass is 555 g/mol. The van der Waals surface area contributed by atoms with E-state index in [0.717, 1.165) is 5.57 Å². The Labute approximate surface area is 235 Å². The normalized spacial score (nSPS) is 30.7. The maximum Gasteiger partial charge on any atom is 0.329 e. The summed E-state index contributed by atoms with van der Waals surface area (Å²) in [6, 6.07) is -0.779. The minimum Gasteiger partial charge on any atom is -0.460 e. The van der Waals surface area contributed by atoms with E-state index in [4.69, 9.17) is 9.15 Å². The molecule has 0 aliphatic carbocycles. The van der Waals surface area contributed by atoms with Crippen LogP contribution in [0.3, 0.4) is 0 Å². The van der Waals surface area contributed by atoms with Crippen LogP contribution in [0.1, 0.15) is 70.3 Å². The SMILES string of the molecule is CCC1CCN2C(=O)c3coc(n3)CC(=O)CC(O)/C=C(C)/C=C/CNC(=O)/C=C/[C@@H](C)[C@@H](C(C)C)OC(=O)C12. The lowest BCUT2D eigenvalue weighted by Gasteiger charge is -2.31. The fourth-order valence-corrected chi connectivity index (χ4v) is 5.23. The number of carbonyl (C=O) groups is 4. The molecular weight excluding hydrogens is 514 g/mol. The van der Waals surface area contributed by atoms with Gasteiger partial charge < -0.3 is 24.5 Å². The number of Topliss-reactive ketones (excluding diaryl/α,β-unsaturated/α-hetero) is 1. The number of carbonyl (C=O) groups excluding carboxylic acids is 4. The number of ether oxygens (including phenoxy) is 1. The number of hydrogen-bond acceptors (Lipinski definition) is 8. The van der Waals surface area contributed by atoms with E-state index < -0.39 is 30.1 Å². The summed E-state index contributed by atoms with van der Waals surface area (Å²) in [5, 5.41) is 13.1. The zero-order valence-corrected chi connectivity index (χ0v) is 24.0. The summed E-state index contributed by atoms with van der Waals surface area (Å²) < 4.78 is 11.4. The summed E-state index contributed by atoms with van der Waals surface area (Å²) in [7, 11) is 0. The standard InChI is InChI=1S/C30H41N3O7/c1-6-21-11-13-33-27(21)30(38)40-28(18(2)3)20(5)9-10-25(36)31-12-7-8-19(4)14-22(34)15-23(35)16-26-32-24(17-39-26)29(33)37/h7-10,14,17-18,20-22,27-28,34H,6,11-13,15-16H2,1-5H3,(H,31,36)/b8-7+,10-9+,19-14+/t20-,21?,22?,27?,28-/m1/s1. The number of ketones is 1. The van der Waals surface area contributed by atoms with Crippen LogP contribution in [-0.4, -0.2) is 69.9 Å². The van der Waals surface area contributed by atoms with Crippen LogP contribution in [0.15, 0.2) is 46.6 Å². The minimum absolute atomic E-state index is 0.0138. The van der Waals surface area contributed by atoms with Gasteiger partial charge in [-0.3, -0.25) is 14.4 Å². The molecular formula is C30H41N3O7. The fourth-order valence-electron chi connectivity index (χ4n) is 5.23. The first kappa shape index (κ1) is 31.0. The van der Waals surface area contributed by atoms with Gasteiger partial charge in [0.25, 0.3) is 5.91 Å². The van der Waals surface area contributed by atoms with Crippen molar-refractivity contribution in [3.05, 3.63) is 53.8 Å². The lowest BCUT2D eigenvalue weighted by molar-refractivity contribution is -0.159. The number of aromatic nitrogens is 1. The van der Waals surface area contributed by atoms with Gasteiger partial charge in [0, 0.05) is 25.4 Å². The summed E-state index contributed by atoms with van der Waals surface area (Å²) in [5.41, 5.74) is 0.744. The number of esters is 1. The van der Waals surface area contributed by atoms with E-state index >= 15 is 0 Å². The maximum absolute atomic E-state index is 13.5. The number of allylic oxidation sites excluding steroid dienone is 2. The van der Waals surface area contributed by atoms with Gasteiger partial charge in [0.05, 0.1) is 12.5 Å². The van der Waals surface area contributed by atoms with E-state index in [0.29, 0.717) is 19.4 Å². The van der Waals surface area contributed by atoms with Crippen molar-refractivity contribution in [1.29, 1.82) is 0 Å². The summed E-state index contributed by atoms with van der Waals surface area (Å²) in [4.78, 5) is 57.5. The Hall–Kier alpha value is -3.53. The van der Waals surface area contributed by atoms with Crippen molar-refractivity contribution in [1.82, 2.24) is 15.2 Å². The van der Waals surface area contributed by atoms with Gasteiger partial charge in [-0.05, 0) is 31.3 Å². The van der Waals surface area contributed by atoms with E-state index in [-0.39, 0.29) is 60.4 Å². The first-order valence-electron chi connectivity index (χ1n) is 14.0. The van der Waals surface area contributed by atoms with Crippen LogP contribution in [0.5, 0.6) is 0 Å². The van der Waals surface area contributed by atoms with E-state index in [1.54, 1.807) is 31.2 Å². The highest BCUT2D eigenvalue weighted by Crippen LogP contribution is 2.31. The third kappa shape index (κ3) is 8.24. The summed E-state index contributed by atoms with van der Waals surface area (Å²) in [6.07, 6.45) is 8.88. The zero-order valence-electron chi connectivity index (χ0n) is 24.0. The Morgan fingerprint density at radius 2 is 1.95 bits per heavy atom. The molecule has 0 spiro atoms. The van der Waals surface area contributed by atoms with Crippen molar-refractivity contribution in [2.45, 2.75) is 78.6 Å². The Bertz CT molecular complexity index is 1170. The van der Waals surface area contributed by atoms with E-state index in [1.165, 1.54) is 17.2 Å². The van der Waals surface area contributed by atoms with Crippen molar-refractivity contribution < 1.29 is 33.4 Å². The topological polar surface area (TPSA) is 139 Å². The van der Waals surface area contributed by atoms with E-state index in [1.807, 2.05) is 27.7 Å². The highest BCUT2D eigenvalue weighted by molar-refractivity contribution is 5.95. The number of oxazole rings is 1. The van der Waals surface area contributed by atoms with Crippen molar-refractivity contribution in [2.24, 2.45) is 17.8 Å². The van der Waals surface area contributed by atoms with Crippen LogP contribution < -0.4 is 5.32 Å². The van der Waals surface area contributed by atoms with Crippen LogP contribution >= 0.6 is 0 Å². The molecule has 1 aromatic heterocycles. The van der Waals surface area contributed by atoms with Gasteiger partial charge in [0.15, 0.2) is 5.69 Å². The lowest BCUT2D eigenvalue weighted by Crippen LogP contribution is -2.46. The Kier molecular flexibility index (Phi) is 11.0. The third-order valence-electron chi connectivity index (χ3n) is 7.31. The Morgan fingerprint density at radius 3 is 2.65 bits per heavy atom. The largest absolute Gasteiger partial charge is 0.460 e. The second-order valence-corrected chi connectivity index (χ2v) is 10.9. The van der Waals surface area contributed by atoms with Crippen LogP contribution in [-0.2, 0) is 25.5 Å². The molecule has 40 heavy (non-hydrogen) atoms. The maximum atomic E-state index is 13.5. The smallest absolute Gasteiger partial charge is 0.329 e. The number of rotatable bonds is 2. The van der Waals surface area contributed by atoms with Gasteiger partial charge in [0.1, 0.15) is 24.2 Å². The molecule has 3 rings (SSSR count). The van der Waals surface area contributed by atoms with Crippen molar-refractivity contribution >= 4 is 23.6 Å². The lowest BCUT2D eigenvalue weighted by atomic mass is 9.93. The van der Waals surface area contributed by atoms with E-state index in [2.05, 4.69) is 10.3 Å². The molecule has 218 valence electrons. The van der Waals surface area contributed by atoms with Gasteiger partial charge in [-0.1, -0.05) is 64.0 Å². The molecule has 3 unspecified atom stereocenters. The number of aliphatic hydroxyl groups is 1. The Balaban J connectivity index is 1.91. The van der Waals surface area contributed by atoms with Gasteiger partial charge in [-0.15, -0.1) is 0 Å². The van der Waals surface area contributed by atoms with Crippen LogP contribution in [0.2, 0.25) is 0 Å². The molecule has 10 heteroatoms. The molecule has 0 radical (unpaired) electrons. The first-order chi connectivity index (χ1) is 19.0. The second kappa shape index (κ2) is 14.2. The second-order valence-electron chi connectivity index (χ2n) is 10.9. The molecule has 2 amide bonds. The molecule has 0 saturated carbocycles. The molecule has 5 atom stereocenters. The van der Waals surface area contributed by atoms with Gasteiger partial charge in [-0.25, -0.2) is 9.78 Å². The van der Waals surface area contributed by atoms with Gasteiger partial charge >= 0.3 is 5.97 Å². The van der Waals surface area contributed by atoms with Crippen molar-refractivity contribution in [3.8, 4) is 0 Å². The average molecular weight is 556 g/mol. The summed E-state index contributed by atoms with van der Waals surface area (Å²) >= 11 is 0. The molecule has 2 aliphatic rings. The molecule has 1 aromatic rings. The van der Waals surface area contributed by atoms with Crippen molar-refractivity contribution in [2.75, 3.05) is 13.1 Å². The number of aliphatic hydroxyl groups excluding tert-OH is 1. The van der Waals surface area contributed by atoms with Gasteiger partial charge in [0.2, 0.25) is 11.8 Å². The quantitative estimate of drug-likeness (QED) is 0.531. The molecule has 10 nitrogen and oxygen atoms in total. The molecule has 2 bridgehead atoms. The predicted octanol–water partition coefficient (Wildman–Crippen LogP) is 3.17. The third-order valence-corrected chi connectivity index (χ3v) is 7.31. The molecule has 1 fully saturated rings. The molecule has 1 saturated heterocycles. The number of nitrogens with zero attached hydrogens (tertiary/aromatic N) is 2. The van der Waals surface area contributed by atoms with Crippen LogP contribution in [0, 0.1) is 17.8 Å². The number of amides is 2. The number of fused-ring (bicyclic) bond motifs is 3. The van der Waals surface area contributed by atoms with E-state index in [9.17, 15) is 24.3 Å². The Morgan fingerprint density at radius 1 is 1.20 bits per heavy atom. The summed E-state index contributed by atoms with van der Waals surface area (Å²) in [5.74, 6) is -1.83. The number of hydrogen-bond donors (Lipinski definition) is 2. The summed E-state index contributed by atoms with van der Waals surface area (Å²) in [6.45, 7) is 10.2. The highest BCUT2D eigenvalue weighted by atomic mass is 16.5. The van der Waals surface area contributed by atoms with Gasteiger partial charge in [-0.2, -0.15) is 0 Å². The number of cyclic esters (lactones) is 1. The van der Waals surface area contributed by atoms with Crippen LogP contribution in [0.25, 0.3) is 0 Å². The molecule has 2 N–H and O–H groups in total. The first-order valence-corrected chi connectivity index (χ1v) is 14.0. The molecule has 3 heterocycles. The fraction of sp³-hybridized carbons (Fsp3) is 0.567. The predicted molar refractivity (Wildman–Crippen MR) is 148 cm³/mol.